The quantitative estimate of drug-likeness (QED) is 0.643. The Hall–Kier alpha value is -0.310. The molecule has 0 aliphatic rings. The molecule has 1 N–H and O–H groups in total. The van der Waals surface area contributed by atoms with E-state index in [0.29, 0.717) is 21.7 Å². The van der Waals surface area contributed by atoms with Crippen LogP contribution in [0.25, 0.3) is 0 Å². The fourth-order valence-electron chi connectivity index (χ4n) is 1.12. The molecule has 0 spiro atoms. The minimum Gasteiger partial charge on any atom is -0.495 e. The summed E-state index contributed by atoms with van der Waals surface area (Å²) in [6.07, 6.45) is 0.877. The summed E-state index contributed by atoms with van der Waals surface area (Å²) in [6, 6.07) is 3.61. The van der Waals surface area contributed by atoms with Gasteiger partial charge in [-0.1, -0.05) is 23.2 Å². The molecule has 5 heteroatoms. The average molecular weight is 269 g/mol. The molecule has 0 radical (unpaired) electrons. The zero-order chi connectivity index (χ0) is 11.3. The maximum absolute atomic E-state index is 6.05. The third-order valence-corrected chi connectivity index (χ3v) is 3.02. The second-order valence-electron chi connectivity index (χ2n) is 2.91. The Labute approximate surface area is 104 Å². The summed E-state index contributed by atoms with van der Waals surface area (Å²) < 4.78 is 5.04. The van der Waals surface area contributed by atoms with Gasteiger partial charge in [0.15, 0.2) is 0 Å². The lowest BCUT2D eigenvalue weighted by Crippen LogP contribution is -2.02. The lowest BCUT2D eigenvalue weighted by atomic mass is 10.3. The summed E-state index contributed by atoms with van der Waals surface area (Å²) in [4.78, 5) is 0. The van der Waals surface area contributed by atoms with Crippen molar-refractivity contribution in [1.82, 2.24) is 0 Å². The zero-order valence-corrected chi connectivity index (χ0v) is 10.6. The van der Waals surface area contributed by atoms with Crippen molar-refractivity contribution in [3.8, 4) is 5.75 Å². The van der Waals surface area contributed by atoms with Gasteiger partial charge in [0.1, 0.15) is 10.8 Å². The van der Waals surface area contributed by atoms with Crippen LogP contribution in [0.1, 0.15) is 6.42 Å². The molecule has 0 saturated heterocycles. The maximum atomic E-state index is 6.05. The fourth-order valence-corrected chi connectivity index (χ4v) is 1.71. The maximum Gasteiger partial charge on any atom is 0.139 e. The van der Waals surface area contributed by atoms with Gasteiger partial charge in [0, 0.05) is 12.4 Å². The monoisotopic (exact) mass is 267 g/mol. The highest BCUT2D eigenvalue weighted by atomic mass is 35.5. The number of hydrogen-bond acceptors (Lipinski definition) is 2. The van der Waals surface area contributed by atoms with Crippen LogP contribution < -0.4 is 10.1 Å². The highest BCUT2D eigenvalue weighted by Gasteiger charge is 2.09. The van der Waals surface area contributed by atoms with Crippen molar-refractivity contribution in [2.24, 2.45) is 0 Å². The molecule has 0 atom stereocenters. The Morgan fingerprint density at radius 1 is 1.27 bits per heavy atom. The molecule has 0 bridgehead atoms. The van der Waals surface area contributed by atoms with Crippen LogP contribution in [0.5, 0.6) is 5.75 Å². The van der Waals surface area contributed by atoms with E-state index in [1.165, 1.54) is 0 Å². The molecule has 15 heavy (non-hydrogen) atoms. The van der Waals surface area contributed by atoms with Crippen molar-refractivity contribution < 1.29 is 4.74 Å². The Balaban J connectivity index is 2.77. The minimum atomic E-state index is 0.426. The summed E-state index contributed by atoms with van der Waals surface area (Å²) >= 11 is 17.6. The molecule has 0 aliphatic heterocycles. The molecular weight excluding hydrogens is 256 g/mol. The van der Waals surface area contributed by atoms with Crippen LogP contribution in [0.3, 0.4) is 0 Å². The number of hydrogen-bond donors (Lipinski definition) is 1. The predicted octanol–water partition coefficient (Wildman–Crippen LogP) is 4.04. The Kier molecular flexibility index (Phi) is 5.37. The van der Waals surface area contributed by atoms with E-state index in [2.05, 4.69) is 5.32 Å². The van der Waals surface area contributed by atoms with Gasteiger partial charge in [0.05, 0.1) is 17.8 Å². The van der Waals surface area contributed by atoms with Crippen molar-refractivity contribution in [3.63, 3.8) is 0 Å². The van der Waals surface area contributed by atoms with E-state index in [4.69, 9.17) is 39.5 Å². The van der Waals surface area contributed by atoms with E-state index in [1.54, 1.807) is 13.2 Å². The van der Waals surface area contributed by atoms with Crippen LogP contribution in [0.15, 0.2) is 12.1 Å². The van der Waals surface area contributed by atoms with Crippen LogP contribution in [0.2, 0.25) is 10.0 Å². The van der Waals surface area contributed by atoms with Crippen molar-refractivity contribution in [3.05, 3.63) is 22.2 Å². The molecule has 0 aliphatic carbocycles. The van der Waals surface area contributed by atoms with Gasteiger partial charge < -0.3 is 10.1 Å². The van der Waals surface area contributed by atoms with Gasteiger partial charge in [0.25, 0.3) is 0 Å². The van der Waals surface area contributed by atoms with Crippen LogP contribution in [-0.2, 0) is 0 Å². The van der Waals surface area contributed by atoms with E-state index >= 15 is 0 Å². The number of anilines is 1. The van der Waals surface area contributed by atoms with Gasteiger partial charge >= 0.3 is 0 Å². The Morgan fingerprint density at radius 2 is 2.00 bits per heavy atom. The molecule has 0 fully saturated rings. The second-order valence-corrected chi connectivity index (χ2v) is 4.05. The van der Waals surface area contributed by atoms with Crippen LogP contribution in [0.4, 0.5) is 5.69 Å². The number of halogens is 3. The molecule has 0 heterocycles. The van der Waals surface area contributed by atoms with Gasteiger partial charge in [-0.3, -0.25) is 0 Å². The number of benzene rings is 1. The van der Waals surface area contributed by atoms with Gasteiger partial charge in [-0.15, -0.1) is 11.6 Å². The molecule has 0 saturated carbocycles. The van der Waals surface area contributed by atoms with Gasteiger partial charge in [-0.25, -0.2) is 0 Å². The summed E-state index contributed by atoms with van der Waals surface area (Å²) in [6.45, 7) is 0.770. The highest BCUT2D eigenvalue weighted by Crippen LogP contribution is 2.37. The first-order valence-electron chi connectivity index (χ1n) is 4.52. The number of rotatable bonds is 5. The average Bonchev–Trinajstić information content (AvgIpc) is 2.25. The largest absolute Gasteiger partial charge is 0.495 e. The second kappa shape index (κ2) is 6.31. The number of alkyl halides is 1. The zero-order valence-electron chi connectivity index (χ0n) is 8.32. The Bertz CT molecular complexity index is 331. The first-order chi connectivity index (χ1) is 7.20. The van der Waals surface area contributed by atoms with Crippen molar-refractivity contribution in [2.45, 2.75) is 6.42 Å². The molecule has 1 aromatic carbocycles. The Morgan fingerprint density at radius 3 is 2.60 bits per heavy atom. The predicted molar refractivity (Wildman–Crippen MR) is 66.8 cm³/mol. The lowest BCUT2D eigenvalue weighted by molar-refractivity contribution is 0.415. The van der Waals surface area contributed by atoms with E-state index in [0.717, 1.165) is 18.7 Å². The summed E-state index contributed by atoms with van der Waals surface area (Å²) in [7, 11) is 1.55. The first-order valence-corrected chi connectivity index (χ1v) is 5.81. The number of methoxy groups -OCH3 is 1. The molecule has 84 valence electrons. The van der Waals surface area contributed by atoms with E-state index < -0.39 is 0 Å². The van der Waals surface area contributed by atoms with Gasteiger partial charge in [-0.05, 0) is 18.6 Å². The van der Waals surface area contributed by atoms with Crippen LogP contribution >= 0.6 is 34.8 Å². The summed E-state index contributed by atoms with van der Waals surface area (Å²) in [5.74, 6) is 1.19. The summed E-state index contributed by atoms with van der Waals surface area (Å²) in [5.41, 5.74) is 0.799. The van der Waals surface area contributed by atoms with Crippen LogP contribution in [0, 0.1) is 0 Å². The standard InChI is InChI=1S/C10H12Cl3NO/c1-15-8-4-3-7(9(12)10(8)13)14-6-2-5-11/h3-4,14H,2,5-6H2,1H3. The van der Waals surface area contributed by atoms with E-state index in [-0.39, 0.29) is 0 Å². The molecule has 0 aromatic heterocycles. The lowest BCUT2D eigenvalue weighted by Gasteiger charge is -2.11. The number of ether oxygens (including phenoxy) is 1. The van der Waals surface area contributed by atoms with Crippen molar-refractivity contribution >= 4 is 40.5 Å². The molecule has 2 nitrogen and oxygen atoms in total. The smallest absolute Gasteiger partial charge is 0.139 e. The molecule has 0 unspecified atom stereocenters. The van der Waals surface area contributed by atoms with Crippen LogP contribution in [-0.4, -0.2) is 19.5 Å². The summed E-state index contributed by atoms with van der Waals surface area (Å²) in [5, 5.41) is 4.05. The molecular formula is C10H12Cl3NO. The molecule has 1 aromatic rings. The molecule has 0 amide bonds. The third kappa shape index (κ3) is 3.33. The fraction of sp³-hybridized carbons (Fsp3) is 0.400. The van der Waals surface area contributed by atoms with E-state index in [1.807, 2.05) is 6.07 Å². The molecule has 1 rings (SSSR count). The van der Waals surface area contributed by atoms with E-state index in [9.17, 15) is 0 Å². The topological polar surface area (TPSA) is 21.3 Å². The van der Waals surface area contributed by atoms with Crippen molar-refractivity contribution in [2.75, 3.05) is 24.9 Å². The normalized spacial score (nSPS) is 10.1. The third-order valence-electron chi connectivity index (χ3n) is 1.89. The highest BCUT2D eigenvalue weighted by molar-refractivity contribution is 6.44. The van der Waals surface area contributed by atoms with Crippen molar-refractivity contribution in [1.29, 1.82) is 0 Å². The SMILES string of the molecule is COc1ccc(NCCCCl)c(Cl)c1Cl. The van der Waals surface area contributed by atoms with Gasteiger partial charge in [-0.2, -0.15) is 0 Å². The number of nitrogens with one attached hydrogen (secondary N) is 1. The first kappa shape index (κ1) is 12.8. The minimum absolute atomic E-state index is 0.426. The van der Waals surface area contributed by atoms with Gasteiger partial charge in [0.2, 0.25) is 0 Å².